The van der Waals surface area contributed by atoms with Gasteiger partial charge in [-0.15, -0.1) is 0 Å². The molecule has 9 nitrogen and oxygen atoms in total. The molecule has 2 aromatic rings. The van der Waals surface area contributed by atoms with E-state index in [4.69, 9.17) is 21.1 Å². The van der Waals surface area contributed by atoms with Gasteiger partial charge in [0, 0.05) is 38.3 Å². The lowest BCUT2D eigenvalue weighted by atomic mass is 10.0. The zero-order valence-corrected chi connectivity index (χ0v) is 21.4. The molecule has 0 spiro atoms. The Morgan fingerprint density at radius 2 is 1.86 bits per heavy atom. The van der Waals surface area contributed by atoms with E-state index in [1.165, 1.54) is 12.7 Å². The number of hydrogen-bond donors (Lipinski definition) is 0. The molecule has 4 rings (SSSR count). The fraction of sp³-hybridized carbons (Fsp3) is 0.520. The molecule has 188 valence electrons. The highest BCUT2D eigenvalue weighted by Gasteiger charge is 2.39. The molecule has 2 aliphatic rings. The maximum absolute atomic E-state index is 12.8. The van der Waals surface area contributed by atoms with Crippen molar-refractivity contribution in [3.8, 4) is 0 Å². The molecule has 1 amide bonds. The van der Waals surface area contributed by atoms with E-state index in [1.54, 1.807) is 4.90 Å². The van der Waals surface area contributed by atoms with Crippen molar-refractivity contribution in [1.29, 1.82) is 0 Å². The molecule has 0 N–H and O–H groups in total. The minimum atomic E-state index is -0.723. The van der Waals surface area contributed by atoms with Crippen molar-refractivity contribution in [3.63, 3.8) is 0 Å². The Hall–Kier alpha value is -2.91. The van der Waals surface area contributed by atoms with Crippen LogP contribution < -0.4 is 4.90 Å². The molecule has 10 heteroatoms. The number of ether oxygens (including phenoxy) is 2. The predicted molar refractivity (Wildman–Crippen MR) is 132 cm³/mol. The molecule has 1 unspecified atom stereocenters. The van der Waals surface area contributed by atoms with E-state index in [0.29, 0.717) is 25.5 Å². The molecule has 3 heterocycles. The summed E-state index contributed by atoms with van der Waals surface area (Å²) in [5.41, 5.74) is 2.46. The number of piperazine rings is 1. The fourth-order valence-electron chi connectivity index (χ4n) is 4.52. The summed E-state index contributed by atoms with van der Waals surface area (Å²) < 4.78 is 10.6. The Kier molecular flexibility index (Phi) is 7.47. The van der Waals surface area contributed by atoms with Crippen LogP contribution in [0.2, 0.25) is 5.28 Å². The fourth-order valence-corrected chi connectivity index (χ4v) is 4.70. The largest absolute Gasteiger partial charge is 0.467 e. The summed E-state index contributed by atoms with van der Waals surface area (Å²) in [6, 6.07) is 9.58. The van der Waals surface area contributed by atoms with E-state index in [0.717, 1.165) is 30.8 Å². The van der Waals surface area contributed by atoms with Crippen LogP contribution in [0.15, 0.2) is 30.3 Å². The molecule has 1 aromatic carbocycles. The molecule has 1 fully saturated rings. The van der Waals surface area contributed by atoms with Crippen molar-refractivity contribution in [2.24, 2.45) is 0 Å². The summed E-state index contributed by atoms with van der Waals surface area (Å²) in [6.45, 7) is 8.65. The van der Waals surface area contributed by atoms with Crippen molar-refractivity contribution in [1.82, 2.24) is 19.8 Å². The Bertz CT molecular complexity index is 1080. The van der Waals surface area contributed by atoms with Crippen LogP contribution in [-0.4, -0.2) is 76.8 Å². The van der Waals surface area contributed by atoms with Crippen molar-refractivity contribution in [2.45, 2.75) is 51.9 Å². The average Bonchev–Trinajstić information content (AvgIpc) is 2.82. The second-order valence-corrected chi connectivity index (χ2v) is 10.2. The molecular weight excluding hydrogens is 470 g/mol. The third-order valence-electron chi connectivity index (χ3n) is 6.12. The SMILES string of the molecule is COC(=O)C1CN(C(=O)OC(C)(C)C)CCN1c1nc(Cl)nc2c1CCN(Cc1ccccc1)C2. The third-order valence-corrected chi connectivity index (χ3v) is 6.29. The monoisotopic (exact) mass is 501 g/mol. The van der Waals surface area contributed by atoms with Crippen LogP contribution in [0.25, 0.3) is 0 Å². The van der Waals surface area contributed by atoms with Gasteiger partial charge in [0.1, 0.15) is 17.5 Å². The number of hydrogen-bond acceptors (Lipinski definition) is 8. The van der Waals surface area contributed by atoms with Gasteiger partial charge in [-0.3, -0.25) is 4.90 Å². The van der Waals surface area contributed by atoms with Crippen molar-refractivity contribution in [2.75, 3.05) is 38.2 Å². The van der Waals surface area contributed by atoms with E-state index < -0.39 is 23.7 Å². The Morgan fingerprint density at radius 3 is 2.54 bits per heavy atom. The minimum Gasteiger partial charge on any atom is -0.467 e. The number of fused-ring (bicyclic) bond motifs is 1. The highest BCUT2D eigenvalue weighted by atomic mass is 35.5. The Labute approximate surface area is 211 Å². The number of anilines is 1. The summed E-state index contributed by atoms with van der Waals surface area (Å²) in [5.74, 6) is 0.196. The Balaban J connectivity index is 1.57. The van der Waals surface area contributed by atoms with Gasteiger partial charge >= 0.3 is 12.1 Å². The van der Waals surface area contributed by atoms with Crippen LogP contribution in [0.4, 0.5) is 10.6 Å². The number of amides is 1. The summed E-state index contributed by atoms with van der Waals surface area (Å²) in [4.78, 5) is 40.3. The van der Waals surface area contributed by atoms with Gasteiger partial charge in [0.2, 0.25) is 5.28 Å². The molecule has 35 heavy (non-hydrogen) atoms. The second kappa shape index (κ2) is 10.4. The van der Waals surface area contributed by atoms with E-state index >= 15 is 0 Å². The van der Waals surface area contributed by atoms with Crippen LogP contribution in [0, 0.1) is 0 Å². The zero-order chi connectivity index (χ0) is 25.2. The topological polar surface area (TPSA) is 88.1 Å². The molecule has 1 saturated heterocycles. The van der Waals surface area contributed by atoms with Gasteiger partial charge in [-0.05, 0) is 44.4 Å². The summed E-state index contributed by atoms with van der Waals surface area (Å²) in [7, 11) is 1.34. The van der Waals surface area contributed by atoms with Crippen molar-refractivity contribution in [3.05, 3.63) is 52.4 Å². The second-order valence-electron chi connectivity index (χ2n) is 9.85. The summed E-state index contributed by atoms with van der Waals surface area (Å²) in [6.07, 6.45) is 0.278. The number of carbonyl (C=O) groups is 2. The lowest BCUT2D eigenvalue weighted by molar-refractivity contribution is -0.143. The first-order chi connectivity index (χ1) is 16.6. The first-order valence-electron chi connectivity index (χ1n) is 11.8. The zero-order valence-electron chi connectivity index (χ0n) is 20.7. The van der Waals surface area contributed by atoms with Gasteiger partial charge in [0.05, 0.1) is 19.3 Å². The molecule has 0 saturated carbocycles. The summed E-state index contributed by atoms with van der Waals surface area (Å²) >= 11 is 6.35. The minimum absolute atomic E-state index is 0.137. The van der Waals surface area contributed by atoms with E-state index in [2.05, 4.69) is 27.0 Å². The van der Waals surface area contributed by atoms with Gasteiger partial charge in [-0.2, -0.15) is 0 Å². The number of methoxy groups -OCH3 is 1. The standard InChI is InChI=1S/C25H32ClN5O4/c1-25(2,3)35-24(33)30-12-13-31(20(16-30)22(32)34-4)21-18-10-11-29(14-17-8-6-5-7-9-17)15-19(18)27-23(26)28-21/h5-9,20H,10-16H2,1-4H3. The quantitative estimate of drug-likeness (QED) is 0.466. The van der Waals surface area contributed by atoms with E-state index in [-0.39, 0.29) is 11.8 Å². The maximum atomic E-state index is 12.8. The normalized spacial score (nSPS) is 18.7. The van der Waals surface area contributed by atoms with Gasteiger partial charge in [-0.1, -0.05) is 30.3 Å². The molecule has 1 atom stereocenters. The number of aromatic nitrogens is 2. The summed E-state index contributed by atoms with van der Waals surface area (Å²) in [5, 5.41) is 0.137. The Morgan fingerprint density at radius 1 is 1.11 bits per heavy atom. The van der Waals surface area contributed by atoms with Crippen LogP contribution >= 0.6 is 11.6 Å². The predicted octanol–water partition coefficient (Wildman–Crippen LogP) is 3.29. The van der Waals surface area contributed by atoms with Crippen LogP contribution in [-0.2, 0) is 33.8 Å². The first-order valence-corrected chi connectivity index (χ1v) is 12.2. The third kappa shape index (κ3) is 6.02. The number of esters is 1. The average molecular weight is 502 g/mol. The smallest absolute Gasteiger partial charge is 0.410 e. The van der Waals surface area contributed by atoms with Gasteiger partial charge in [-0.25, -0.2) is 19.6 Å². The number of carbonyl (C=O) groups excluding carboxylic acids is 2. The maximum Gasteiger partial charge on any atom is 0.410 e. The molecule has 1 aromatic heterocycles. The number of benzene rings is 1. The van der Waals surface area contributed by atoms with Gasteiger partial charge in [0.15, 0.2) is 0 Å². The van der Waals surface area contributed by atoms with Crippen molar-refractivity contribution < 1.29 is 19.1 Å². The number of rotatable bonds is 4. The van der Waals surface area contributed by atoms with Crippen LogP contribution in [0.5, 0.6) is 0 Å². The first kappa shape index (κ1) is 25.2. The van der Waals surface area contributed by atoms with E-state index in [9.17, 15) is 9.59 Å². The molecule has 0 bridgehead atoms. The van der Waals surface area contributed by atoms with Crippen LogP contribution in [0.3, 0.4) is 0 Å². The van der Waals surface area contributed by atoms with Gasteiger partial charge in [0.25, 0.3) is 0 Å². The highest BCUT2D eigenvalue weighted by Crippen LogP contribution is 2.31. The molecule has 0 aliphatic carbocycles. The number of nitrogens with zero attached hydrogens (tertiary/aromatic N) is 5. The highest BCUT2D eigenvalue weighted by molar-refractivity contribution is 6.28. The van der Waals surface area contributed by atoms with E-state index in [1.807, 2.05) is 43.9 Å². The molecule has 0 radical (unpaired) electrons. The van der Waals surface area contributed by atoms with Gasteiger partial charge < -0.3 is 19.3 Å². The van der Waals surface area contributed by atoms with Crippen molar-refractivity contribution >= 4 is 29.5 Å². The number of halogens is 1. The lowest BCUT2D eigenvalue weighted by Crippen LogP contribution is -2.59. The van der Waals surface area contributed by atoms with Crippen LogP contribution in [0.1, 0.15) is 37.6 Å². The lowest BCUT2D eigenvalue weighted by Gasteiger charge is -2.42. The molecule has 2 aliphatic heterocycles. The molecular formula is C25H32ClN5O4.